The summed E-state index contributed by atoms with van der Waals surface area (Å²) < 4.78 is 10.7. The first-order valence-corrected chi connectivity index (χ1v) is 8.90. The molecule has 1 amide bonds. The van der Waals surface area contributed by atoms with Crippen molar-refractivity contribution < 1.29 is 18.9 Å². The van der Waals surface area contributed by atoms with E-state index in [-0.39, 0.29) is 22.0 Å². The Balaban J connectivity index is 1.81. The van der Waals surface area contributed by atoms with E-state index in [0.717, 1.165) is 0 Å². The van der Waals surface area contributed by atoms with Crippen LogP contribution in [-0.2, 0) is 4.79 Å². The number of nitro groups is 1. The van der Waals surface area contributed by atoms with Gasteiger partial charge in [-0.25, -0.2) is 0 Å². The molecule has 0 atom stereocenters. The fourth-order valence-electron chi connectivity index (χ4n) is 2.56. The largest absolute Gasteiger partial charge is 0.497 e. The average Bonchev–Trinajstić information content (AvgIpc) is 3.21. The lowest BCUT2D eigenvalue weighted by atomic mass is 10.1. The molecule has 0 bridgehead atoms. The minimum absolute atomic E-state index is 0.0115. The van der Waals surface area contributed by atoms with Crippen molar-refractivity contribution in [2.75, 3.05) is 12.4 Å². The molecule has 1 N–H and O–H groups in total. The van der Waals surface area contributed by atoms with Crippen LogP contribution in [0.1, 0.15) is 5.76 Å². The highest BCUT2D eigenvalue weighted by Crippen LogP contribution is 2.31. The van der Waals surface area contributed by atoms with E-state index in [1.165, 1.54) is 25.3 Å². The third kappa shape index (κ3) is 4.66. The maximum atomic E-state index is 12.4. The number of benzene rings is 2. The number of ether oxygens (including phenoxy) is 1. The topological polar surface area (TPSA) is 118 Å². The van der Waals surface area contributed by atoms with Crippen molar-refractivity contribution in [1.29, 1.82) is 5.26 Å². The Kier molecular flexibility index (Phi) is 6.15. The van der Waals surface area contributed by atoms with Crippen molar-refractivity contribution in [2.45, 2.75) is 0 Å². The van der Waals surface area contributed by atoms with Crippen LogP contribution in [0.3, 0.4) is 0 Å². The van der Waals surface area contributed by atoms with Gasteiger partial charge in [-0.15, -0.1) is 0 Å². The second-order valence-electron chi connectivity index (χ2n) is 5.98. The summed E-state index contributed by atoms with van der Waals surface area (Å²) in [6, 6.07) is 15.9. The van der Waals surface area contributed by atoms with E-state index >= 15 is 0 Å². The number of hydrogen-bond donors (Lipinski definition) is 1. The van der Waals surface area contributed by atoms with Crippen LogP contribution in [0.25, 0.3) is 17.4 Å². The molecular formula is C21H14ClN3O5. The van der Waals surface area contributed by atoms with E-state index < -0.39 is 10.8 Å². The molecule has 0 aliphatic heterocycles. The van der Waals surface area contributed by atoms with Crippen molar-refractivity contribution in [3.8, 4) is 23.1 Å². The summed E-state index contributed by atoms with van der Waals surface area (Å²) in [5.41, 5.74) is 0.510. The fraction of sp³-hybridized carbons (Fsp3) is 0.0476. The first-order chi connectivity index (χ1) is 14.4. The van der Waals surface area contributed by atoms with E-state index in [4.69, 9.17) is 20.8 Å². The smallest absolute Gasteiger partial charge is 0.288 e. The van der Waals surface area contributed by atoms with Gasteiger partial charge in [-0.3, -0.25) is 14.9 Å². The van der Waals surface area contributed by atoms with E-state index in [1.807, 2.05) is 6.07 Å². The van der Waals surface area contributed by atoms with E-state index in [9.17, 15) is 20.2 Å². The molecule has 0 fully saturated rings. The SMILES string of the molecule is COc1ccc(NC(=O)/C(C#N)=C/c2ccc(-c3ccc(Cl)c([N+](=O)[O-])c3)o2)cc1. The maximum Gasteiger partial charge on any atom is 0.288 e. The second-order valence-corrected chi connectivity index (χ2v) is 6.38. The minimum atomic E-state index is -0.609. The average molecular weight is 424 g/mol. The number of methoxy groups -OCH3 is 1. The molecule has 3 rings (SSSR count). The monoisotopic (exact) mass is 423 g/mol. The number of halogens is 1. The van der Waals surface area contributed by atoms with Crippen LogP contribution in [0, 0.1) is 21.4 Å². The molecule has 0 radical (unpaired) electrons. The van der Waals surface area contributed by atoms with Gasteiger partial charge in [0.1, 0.15) is 33.9 Å². The number of nitriles is 1. The standard InChI is InChI=1S/C21H14ClN3O5/c1-29-16-5-3-15(4-6-16)24-21(26)14(12-23)10-17-7-9-20(30-17)13-2-8-18(22)19(11-13)25(27)28/h2-11H,1H3,(H,24,26)/b14-10+. The molecular weight excluding hydrogens is 410 g/mol. The van der Waals surface area contributed by atoms with E-state index in [0.29, 0.717) is 22.8 Å². The normalized spacial score (nSPS) is 10.9. The Labute approximate surface area is 176 Å². The Bertz CT molecular complexity index is 1180. The Morgan fingerprint density at radius 3 is 2.60 bits per heavy atom. The van der Waals surface area contributed by atoms with Gasteiger partial charge < -0.3 is 14.5 Å². The molecule has 9 heteroatoms. The van der Waals surface area contributed by atoms with Gasteiger partial charge in [0.25, 0.3) is 11.6 Å². The zero-order valence-corrected chi connectivity index (χ0v) is 16.3. The molecule has 0 aliphatic carbocycles. The molecule has 1 aromatic heterocycles. The minimum Gasteiger partial charge on any atom is -0.497 e. The van der Waals surface area contributed by atoms with Crippen LogP contribution >= 0.6 is 11.6 Å². The summed E-state index contributed by atoms with van der Waals surface area (Å²) in [5, 5.41) is 23.0. The third-order valence-electron chi connectivity index (χ3n) is 4.05. The molecule has 2 aromatic carbocycles. The van der Waals surface area contributed by atoms with Gasteiger partial charge in [0, 0.05) is 23.4 Å². The number of carbonyl (C=O) groups is 1. The van der Waals surface area contributed by atoms with Crippen molar-refractivity contribution in [3.05, 3.63) is 81.1 Å². The van der Waals surface area contributed by atoms with Crippen LogP contribution in [0.4, 0.5) is 11.4 Å². The molecule has 0 aliphatic rings. The van der Waals surface area contributed by atoms with Crippen LogP contribution < -0.4 is 10.1 Å². The Hall–Kier alpha value is -4.09. The lowest BCUT2D eigenvalue weighted by molar-refractivity contribution is -0.384. The van der Waals surface area contributed by atoms with Crippen molar-refractivity contribution in [1.82, 2.24) is 0 Å². The van der Waals surface area contributed by atoms with Gasteiger partial charge in [-0.2, -0.15) is 5.26 Å². The zero-order chi connectivity index (χ0) is 21.7. The van der Waals surface area contributed by atoms with Crippen LogP contribution in [-0.4, -0.2) is 17.9 Å². The first kappa shape index (κ1) is 20.6. The van der Waals surface area contributed by atoms with Gasteiger partial charge in [0.15, 0.2) is 0 Å². The summed E-state index contributed by atoms with van der Waals surface area (Å²) in [7, 11) is 1.53. The van der Waals surface area contributed by atoms with Gasteiger partial charge in [-0.05, 0) is 48.5 Å². The van der Waals surface area contributed by atoms with E-state index in [1.54, 1.807) is 42.5 Å². The van der Waals surface area contributed by atoms with Crippen LogP contribution in [0.15, 0.2) is 64.6 Å². The van der Waals surface area contributed by atoms with Gasteiger partial charge in [-0.1, -0.05) is 11.6 Å². The third-order valence-corrected chi connectivity index (χ3v) is 4.37. The maximum absolute atomic E-state index is 12.4. The van der Waals surface area contributed by atoms with Crippen molar-refractivity contribution in [2.24, 2.45) is 0 Å². The van der Waals surface area contributed by atoms with Crippen molar-refractivity contribution >= 4 is 35.0 Å². The highest BCUT2D eigenvalue weighted by Gasteiger charge is 2.16. The molecule has 0 saturated carbocycles. The summed E-state index contributed by atoms with van der Waals surface area (Å²) in [5.74, 6) is 0.593. The number of hydrogen-bond acceptors (Lipinski definition) is 6. The second kappa shape index (κ2) is 8.94. The van der Waals surface area contributed by atoms with Gasteiger partial charge in [0.2, 0.25) is 0 Å². The highest BCUT2D eigenvalue weighted by atomic mass is 35.5. The molecule has 0 spiro atoms. The molecule has 0 saturated heterocycles. The van der Waals surface area contributed by atoms with Crippen LogP contribution in [0.5, 0.6) is 5.75 Å². The molecule has 150 valence electrons. The van der Waals surface area contributed by atoms with E-state index in [2.05, 4.69) is 5.32 Å². The molecule has 8 nitrogen and oxygen atoms in total. The Morgan fingerprint density at radius 1 is 1.23 bits per heavy atom. The summed E-state index contributed by atoms with van der Waals surface area (Å²) in [6.07, 6.45) is 1.28. The quantitative estimate of drug-likeness (QED) is 0.256. The number of nitrogens with one attached hydrogen (secondary N) is 1. The summed E-state index contributed by atoms with van der Waals surface area (Å²) in [6.45, 7) is 0. The van der Waals surface area contributed by atoms with Gasteiger partial charge in [0.05, 0.1) is 12.0 Å². The number of amides is 1. The number of carbonyl (C=O) groups excluding carboxylic acids is 1. The Morgan fingerprint density at radius 2 is 1.97 bits per heavy atom. The molecule has 1 heterocycles. The lowest BCUT2D eigenvalue weighted by Crippen LogP contribution is -2.13. The number of anilines is 1. The first-order valence-electron chi connectivity index (χ1n) is 8.52. The fourth-order valence-corrected chi connectivity index (χ4v) is 2.74. The van der Waals surface area contributed by atoms with Crippen molar-refractivity contribution in [3.63, 3.8) is 0 Å². The highest BCUT2D eigenvalue weighted by molar-refractivity contribution is 6.32. The number of furan rings is 1. The van der Waals surface area contributed by atoms with Crippen LogP contribution in [0.2, 0.25) is 5.02 Å². The molecule has 30 heavy (non-hydrogen) atoms. The van der Waals surface area contributed by atoms with Gasteiger partial charge >= 0.3 is 0 Å². The number of nitro benzene ring substituents is 1. The lowest BCUT2D eigenvalue weighted by Gasteiger charge is -2.05. The number of nitrogens with zero attached hydrogens (tertiary/aromatic N) is 2. The molecule has 3 aromatic rings. The number of rotatable bonds is 6. The predicted molar refractivity (Wildman–Crippen MR) is 111 cm³/mol. The summed E-state index contributed by atoms with van der Waals surface area (Å²) in [4.78, 5) is 22.8. The predicted octanol–water partition coefficient (Wildman–Crippen LogP) is 5.06. The zero-order valence-electron chi connectivity index (χ0n) is 15.6. The summed E-state index contributed by atoms with van der Waals surface area (Å²) >= 11 is 5.82. The molecule has 0 unspecified atom stereocenters.